The van der Waals surface area contributed by atoms with Gasteiger partial charge < -0.3 is 18.9 Å². The molecular weight excluding hydrogens is 394 g/mol. The van der Waals surface area contributed by atoms with Crippen LogP contribution in [-0.4, -0.2) is 35.9 Å². The van der Waals surface area contributed by atoms with Gasteiger partial charge in [0.05, 0.1) is 32.3 Å². The van der Waals surface area contributed by atoms with E-state index in [-0.39, 0.29) is 10.8 Å². The molecule has 1 aliphatic heterocycles. The van der Waals surface area contributed by atoms with Gasteiger partial charge in [-0.3, -0.25) is 0 Å². The number of hydrogen-bond acceptors (Lipinski definition) is 6. The third-order valence-electron chi connectivity index (χ3n) is 4.74. The topological polar surface area (TPSA) is 83.1 Å². The first kappa shape index (κ1) is 21.3. The first-order valence-corrected chi connectivity index (χ1v) is 11.0. The smallest absolute Gasteiger partial charge is 0.241 e. The van der Waals surface area contributed by atoms with Crippen molar-refractivity contribution < 1.29 is 27.4 Å². The molecule has 0 fully saturated rings. The van der Waals surface area contributed by atoms with Gasteiger partial charge in [0.15, 0.2) is 23.0 Å². The van der Waals surface area contributed by atoms with Gasteiger partial charge >= 0.3 is 0 Å². The molecule has 1 aliphatic rings. The molecule has 0 aromatic heterocycles. The van der Waals surface area contributed by atoms with Gasteiger partial charge in [-0.25, -0.2) is 13.1 Å². The molecule has 0 radical (unpaired) electrons. The maximum atomic E-state index is 13.1. The summed E-state index contributed by atoms with van der Waals surface area (Å²) in [7, 11) is -0.825. The van der Waals surface area contributed by atoms with E-state index in [4.69, 9.17) is 18.9 Å². The minimum Gasteiger partial charge on any atom is -0.493 e. The molecule has 1 atom stereocenters. The standard InChI is InChI=1S/C21H27NO6S/c1-14(2)21(15-6-8-18-20(12-15)28-11-5-10-27-18)22-29(23,24)16-7-9-17(25-3)19(13-16)26-4/h6-9,12-14,21-22H,5,10-11H2,1-4H3/t21-/m1/s1. The van der Waals surface area contributed by atoms with Gasteiger partial charge in [0, 0.05) is 18.5 Å². The van der Waals surface area contributed by atoms with Crippen molar-refractivity contribution in [1.29, 1.82) is 0 Å². The molecule has 0 saturated heterocycles. The Morgan fingerprint density at radius 3 is 2.28 bits per heavy atom. The largest absolute Gasteiger partial charge is 0.493 e. The van der Waals surface area contributed by atoms with E-state index in [1.165, 1.54) is 26.4 Å². The second-order valence-electron chi connectivity index (χ2n) is 7.12. The lowest BCUT2D eigenvalue weighted by Gasteiger charge is -2.24. The molecule has 0 bridgehead atoms. The fourth-order valence-electron chi connectivity index (χ4n) is 3.18. The van der Waals surface area contributed by atoms with Gasteiger partial charge in [-0.1, -0.05) is 19.9 Å². The Hall–Kier alpha value is -2.45. The molecule has 8 heteroatoms. The average molecular weight is 422 g/mol. The van der Waals surface area contributed by atoms with Crippen LogP contribution in [0.25, 0.3) is 0 Å². The van der Waals surface area contributed by atoms with Crippen molar-refractivity contribution >= 4 is 10.0 Å². The Kier molecular flexibility index (Phi) is 6.54. The van der Waals surface area contributed by atoms with E-state index in [9.17, 15) is 8.42 Å². The summed E-state index contributed by atoms with van der Waals surface area (Å²) in [6.45, 7) is 5.10. The highest BCUT2D eigenvalue weighted by molar-refractivity contribution is 7.89. The van der Waals surface area contributed by atoms with Crippen LogP contribution in [0.15, 0.2) is 41.3 Å². The number of hydrogen-bond donors (Lipinski definition) is 1. The lowest BCUT2D eigenvalue weighted by molar-refractivity contribution is 0.297. The first-order valence-electron chi connectivity index (χ1n) is 9.49. The summed E-state index contributed by atoms with van der Waals surface area (Å²) in [6, 6.07) is 9.63. The zero-order chi connectivity index (χ0) is 21.0. The Morgan fingerprint density at radius 2 is 1.62 bits per heavy atom. The molecule has 7 nitrogen and oxygen atoms in total. The summed E-state index contributed by atoms with van der Waals surface area (Å²) in [4.78, 5) is 0.107. The van der Waals surface area contributed by atoms with E-state index in [0.717, 1.165) is 12.0 Å². The molecule has 0 spiro atoms. The summed E-state index contributed by atoms with van der Waals surface area (Å²) in [5, 5.41) is 0. The third-order valence-corrected chi connectivity index (χ3v) is 6.18. The first-order chi connectivity index (χ1) is 13.9. The van der Waals surface area contributed by atoms with Crippen LogP contribution in [0.1, 0.15) is 31.9 Å². The van der Waals surface area contributed by atoms with Crippen molar-refractivity contribution in [2.24, 2.45) is 5.92 Å². The summed E-state index contributed by atoms with van der Waals surface area (Å²) in [6.07, 6.45) is 0.809. The molecule has 158 valence electrons. The van der Waals surface area contributed by atoms with Crippen LogP contribution in [0, 0.1) is 5.92 Å². The van der Waals surface area contributed by atoms with Crippen molar-refractivity contribution in [1.82, 2.24) is 4.72 Å². The maximum Gasteiger partial charge on any atom is 0.241 e. The van der Waals surface area contributed by atoms with Gasteiger partial charge in [0.1, 0.15) is 0 Å². The van der Waals surface area contributed by atoms with Crippen LogP contribution in [0.5, 0.6) is 23.0 Å². The van der Waals surface area contributed by atoms with Crippen LogP contribution >= 0.6 is 0 Å². The SMILES string of the molecule is COc1ccc(S(=O)(=O)N[C@@H](c2ccc3c(c2)OCCCO3)C(C)C)cc1OC. The fraction of sp³-hybridized carbons (Fsp3) is 0.429. The monoisotopic (exact) mass is 421 g/mol. The Balaban J connectivity index is 1.92. The number of ether oxygens (including phenoxy) is 4. The number of sulfonamides is 1. The second-order valence-corrected chi connectivity index (χ2v) is 8.83. The lowest BCUT2D eigenvalue weighted by atomic mass is 9.97. The van der Waals surface area contributed by atoms with Crippen LogP contribution in [0.3, 0.4) is 0 Å². The summed E-state index contributed by atoms with van der Waals surface area (Å²) in [5.41, 5.74) is 0.813. The predicted octanol–water partition coefficient (Wildman–Crippen LogP) is 3.54. The summed E-state index contributed by atoms with van der Waals surface area (Å²) in [5.74, 6) is 2.14. The maximum absolute atomic E-state index is 13.1. The molecule has 0 unspecified atom stereocenters. The summed E-state index contributed by atoms with van der Waals surface area (Å²) < 4.78 is 50.8. The Morgan fingerprint density at radius 1 is 0.931 bits per heavy atom. The van der Waals surface area contributed by atoms with E-state index >= 15 is 0 Å². The highest BCUT2D eigenvalue weighted by Gasteiger charge is 2.26. The number of fused-ring (bicyclic) bond motifs is 1. The number of rotatable bonds is 7. The molecular formula is C21H27NO6S. The van der Waals surface area contributed by atoms with E-state index < -0.39 is 16.1 Å². The van der Waals surface area contributed by atoms with Gasteiger partial charge in [-0.05, 0) is 35.7 Å². The van der Waals surface area contributed by atoms with E-state index in [1.807, 2.05) is 32.0 Å². The van der Waals surface area contributed by atoms with Crippen LogP contribution < -0.4 is 23.7 Å². The number of nitrogens with one attached hydrogen (secondary N) is 1. The Labute approximate surface area is 172 Å². The molecule has 3 rings (SSSR count). The molecule has 0 amide bonds. The van der Waals surface area contributed by atoms with E-state index in [2.05, 4.69) is 4.72 Å². The molecule has 29 heavy (non-hydrogen) atoms. The molecule has 2 aromatic rings. The van der Waals surface area contributed by atoms with Gasteiger partial charge in [0.2, 0.25) is 10.0 Å². The third kappa shape index (κ3) is 4.76. The van der Waals surface area contributed by atoms with Gasteiger partial charge in [-0.2, -0.15) is 0 Å². The highest BCUT2D eigenvalue weighted by Crippen LogP contribution is 2.35. The number of benzene rings is 2. The van der Waals surface area contributed by atoms with Crippen molar-refractivity contribution in [2.75, 3.05) is 27.4 Å². The van der Waals surface area contributed by atoms with Gasteiger partial charge in [-0.15, -0.1) is 0 Å². The molecule has 0 aliphatic carbocycles. The normalized spacial score (nSPS) is 14.9. The van der Waals surface area contributed by atoms with Crippen molar-refractivity contribution in [2.45, 2.75) is 31.2 Å². The summed E-state index contributed by atoms with van der Waals surface area (Å²) >= 11 is 0. The minimum absolute atomic E-state index is 0.00895. The molecule has 1 heterocycles. The van der Waals surface area contributed by atoms with Crippen LogP contribution in [0.2, 0.25) is 0 Å². The highest BCUT2D eigenvalue weighted by atomic mass is 32.2. The van der Waals surface area contributed by atoms with Crippen molar-refractivity contribution in [3.63, 3.8) is 0 Å². The minimum atomic E-state index is -3.80. The van der Waals surface area contributed by atoms with Crippen molar-refractivity contribution in [3.05, 3.63) is 42.0 Å². The predicted molar refractivity (Wildman–Crippen MR) is 109 cm³/mol. The second kappa shape index (κ2) is 8.92. The molecule has 2 aromatic carbocycles. The lowest BCUT2D eigenvalue weighted by Crippen LogP contribution is -2.31. The zero-order valence-corrected chi connectivity index (χ0v) is 17.9. The molecule has 0 saturated carbocycles. The quantitative estimate of drug-likeness (QED) is 0.736. The zero-order valence-electron chi connectivity index (χ0n) is 17.1. The van der Waals surface area contributed by atoms with E-state index in [1.54, 1.807) is 6.07 Å². The van der Waals surface area contributed by atoms with Gasteiger partial charge in [0.25, 0.3) is 0 Å². The van der Waals surface area contributed by atoms with Crippen molar-refractivity contribution in [3.8, 4) is 23.0 Å². The average Bonchev–Trinajstić information content (AvgIpc) is 2.96. The Bertz CT molecular complexity index is 958. The van der Waals surface area contributed by atoms with Crippen LogP contribution in [0.4, 0.5) is 0 Å². The molecule has 1 N–H and O–H groups in total. The fourth-order valence-corrected chi connectivity index (χ4v) is 4.57. The van der Waals surface area contributed by atoms with Crippen LogP contribution in [-0.2, 0) is 10.0 Å². The van der Waals surface area contributed by atoms with E-state index in [0.29, 0.717) is 36.2 Å². The number of methoxy groups -OCH3 is 2.